The van der Waals surface area contributed by atoms with Gasteiger partial charge in [-0.1, -0.05) is 5.10 Å². The van der Waals surface area contributed by atoms with Gasteiger partial charge in [-0.2, -0.15) is 13.2 Å². The molecular formula is C13H13F3N6O2. The molecule has 0 bridgehead atoms. The topological polar surface area (TPSA) is 86.0 Å². The lowest BCUT2D eigenvalue weighted by Crippen LogP contribution is -2.38. The molecule has 128 valence electrons. The maximum atomic E-state index is 12.8. The second-order valence-corrected chi connectivity index (χ2v) is 4.99. The highest BCUT2D eigenvalue weighted by molar-refractivity contribution is 6.06. The first-order valence-electron chi connectivity index (χ1n) is 7.21. The number of rotatable bonds is 3. The molecule has 3 heterocycles. The molecular weight excluding hydrogens is 329 g/mol. The van der Waals surface area contributed by atoms with Crippen LogP contribution in [0.4, 0.5) is 19.1 Å². The fraction of sp³-hybridized carbons (Fsp3) is 0.462. The molecule has 0 saturated heterocycles. The van der Waals surface area contributed by atoms with Gasteiger partial charge >= 0.3 is 6.18 Å². The van der Waals surface area contributed by atoms with Crippen LogP contribution in [0, 0.1) is 0 Å². The maximum Gasteiger partial charge on any atom is 0.433 e. The molecule has 0 fully saturated rings. The quantitative estimate of drug-likeness (QED) is 0.841. The van der Waals surface area contributed by atoms with Crippen LogP contribution in [0.2, 0.25) is 0 Å². The molecule has 1 aliphatic heterocycles. The minimum atomic E-state index is -4.62. The number of tetrazole rings is 1. The molecule has 1 aliphatic rings. The molecule has 0 spiro atoms. The van der Waals surface area contributed by atoms with Crippen molar-refractivity contribution in [1.82, 2.24) is 25.2 Å². The number of alkyl halides is 3. The molecule has 11 heteroatoms. The number of hydrogen-bond acceptors (Lipinski definition) is 6. The van der Waals surface area contributed by atoms with E-state index in [1.807, 2.05) is 0 Å². The maximum absolute atomic E-state index is 12.8. The van der Waals surface area contributed by atoms with Gasteiger partial charge in [0.05, 0.1) is 6.61 Å². The van der Waals surface area contributed by atoms with Gasteiger partial charge in [0.2, 0.25) is 5.88 Å². The van der Waals surface area contributed by atoms with Crippen LogP contribution in [0.1, 0.15) is 29.4 Å². The molecule has 0 aromatic carbocycles. The predicted molar refractivity (Wildman–Crippen MR) is 74.5 cm³/mol. The lowest BCUT2D eigenvalue weighted by molar-refractivity contribution is -0.141. The molecule has 8 nitrogen and oxygen atoms in total. The molecule has 0 radical (unpaired) electrons. The van der Waals surface area contributed by atoms with Crippen molar-refractivity contribution in [3.63, 3.8) is 0 Å². The van der Waals surface area contributed by atoms with Crippen molar-refractivity contribution in [3.8, 4) is 5.88 Å². The van der Waals surface area contributed by atoms with Gasteiger partial charge in [-0.15, -0.1) is 0 Å². The van der Waals surface area contributed by atoms with Crippen molar-refractivity contribution in [2.75, 3.05) is 18.1 Å². The van der Waals surface area contributed by atoms with Gasteiger partial charge < -0.3 is 4.74 Å². The third-order valence-corrected chi connectivity index (χ3v) is 3.41. The van der Waals surface area contributed by atoms with E-state index in [-0.39, 0.29) is 24.0 Å². The molecule has 2 aromatic heterocycles. The number of nitrogens with zero attached hydrogens (tertiary/aromatic N) is 6. The zero-order valence-electron chi connectivity index (χ0n) is 12.6. The van der Waals surface area contributed by atoms with Crippen LogP contribution in [0.25, 0.3) is 0 Å². The van der Waals surface area contributed by atoms with E-state index in [2.05, 4.69) is 20.5 Å². The molecule has 0 saturated carbocycles. The molecule has 2 aromatic rings. The first-order chi connectivity index (χ1) is 11.4. The number of aryl methyl sites for hydroxylation is 1. The highest BCUT2D eigenvalue weighted by Crippen LogP contribution is 2.31. The van der Waals surface area contributed by atoms with Crippen molar-refractivity contribution < 1.29 is 22.7 Å². The van der Waals surface area contributed by atoms with E-state index in [0.717, 1.165) is 12.1 Å². The summed E-state index contributed by atoms with van der Waals surface area (Å²) < 4.78 is 45.0. The van der Waals surface area contributed by atoms with Crippen molar-refractivity contribution in [2.24, 2.45) is 0 Å². The van der Waals surface area contributed by atoms with E-state index in [0.29, 0.717) is 19.5 Å². The number of carbonyl (C=O) groups is 1. The largest absolute Gasteiger partial charge is 0.477 e. The minimum Gasteiger partial charge on any atom is -0.477 e. The average Bonchev–Trinajstić information content (AvgIpc) is 3.02. The number of amides is 1. The van der Waals surface area contributed by atoms with Crippen LogP contribution in [0.5, 0.6) is 5.88 Å². The van der Waals surface area contributed by atoms with Crippen molar-refractivity contribution >= 4 is 11.9 Å². The van der Waals surface area contributed by atoms with Gasteiger partial charge in [-0.05, 0) is 35.9 Å². The monoisotopic (exact) mass is 342 g/mol. The number of carbonyl (C=O) groups excluding carboxylic acids is 1. The van der Waals surface area contributed by atoms with Crippen LogP contribution < -0.4 is 9.64 Å². The van der Waals surface area contributed by atoms with Crippen LogP contribution in [0.3, 0.4) is 0 Å². The number of fused-ring (bicyclic) bond motifs is 1. The third-order valence-electron chi connectivity index (χ3n) is 3.41. The normalized spacial score (nSPS) is 14.4. The van der Waals surface area contributed by atoms with Gasteiger partial charge in [0.25, 0.3) is 11.9 Å². The molecule has 0 aliphatic carbocycles. The number of hydrogen-bond donors (Lipinski definition) is 0. The molecule has 3 rings (SSSR count). The smallest absolute Gasteiger partial charge is 0.433 e. The van der Waals surface area contributed by atoms with Crippen molar-refractivity contribution in [1.29, 1.82) is 0 Å². The van der Waals surface area contributed by atoms with Crippen LogP contribution in [0.15, 0.2) is 12.1 Å². The fourth-order valence-corrected chi connectivity index (χ4v) is 2.36. The Kier molecular flexibility index (Phi) is 4.08. The summed E-state index contributed by atoms with van der Waals surface area (Å²) in [5, 5.41) is 11.0. The molecule has 0 atom stereocenters. The Morgan fingerprint density at radius 1 is 1.33 bits per heavy atom. The standard InChI is InChI=1S/C13H13F3N6O2/c1-2-24-10-8(4-5-9(17-10)13(14,15)16)11(23)21-6-3-7-22-12(21)18-19-20-22/h4-5H,2-3,6-7H2,1H3. The van der Waals surface area contributed by atoms with Crippen molar-refractivity contribution in [3.05, 3.63) is 23.4 Å². The Balaban J connectivity index is 1.99. The summed E-state index contributed by atoms with van der Waals surface area (Å²) in [6, 6.07) is 1.81. The number of aromatic nitrogens is 5. The molecule has 0 unspecified atom stereocenters. The zero-order valence-corrected chi connectivity index (χ0v) is 12.6. The summed E-state index contributed by atoms with van der Waals surface area (Å²) in [6.45, 7) is 2.59. The summed E-state index contributed by atoms with van der Waals surface area (Å²) in [6.07, 6.45) is -4.00. The van der Waals surface area contributed by atoms with Crippen molar-refractivity contribution in [2.45, 2.75) is 26.1 Å². The summed E-state index contributed by atoms with van der Waals surface area (Å²) in [5.74, 6) is -0.675. The first kappa shape index (κ1) is 16.1. The van der Waals surface area contributed by atoms with Gasteiger partial charge in [-0.3, -0.25) is 9.69 Å². The van der Waals surface area contributed by atoms with Gasteiger partial charge in [0.1, 0.15) is 11.3 Å². The SMILES string of the molecule is CCOc1nc(C(F)(F)F)ccc1C(=O)N1CCCn2nnnc21. The molecule has 24 heavy (non-hydrogen) atoms. The zero-order chi connectivity index (χ0) is 17.3. The van der Waals surface area contributed by atoms with E-state index in [9.17, 15) is 18.0 Å². The molecule has 1 amide bonds. The fourth-order valence-electron chi connectivity index (χ4n) is 2.36. The first-order valence-corrected chi connectivity index (χ1v) is 7.21. The Morgan fingerprint density at radius 3 is 2.83 bits per heavy atom. The summed E-state index contributed by atoms with van der Waals surface area (Å²) in [7, 11) is 0. The lowest BCUT2D eigenvalue weighted by atomic mass is 10.2. The highest BCUT2D eigenvalue weighted by Gasteiger charge is 2.35. The van der Waals surface area contributed by atoms with E-state index >= 15 is 0 Å². The van der Waals surface area contributed by atoms with Gasteiger partial charge in [0, 0.05) is 13.1 Å². The lowest BCUT2D eigenvalue weighted by Gasteiger charge is -2.25. The Bertz CT molecular complexity index is 760. The minimum absolute atomic E-state index is 0.0682. The Morgan fingerprint density at radius 2 is 2.12 bits per heavy atom. The average molecular weight is 342 g/mol. The summed E-state index contributed by atoms with van der Waals surface area (Å²) in [5.41, 5.74) is -1.19. The number of halogens is 3. The summed E-state index contributed by atoms with van der Waals surface area (Å²) in [4.78, 5) is 17.5. The third kappa shape index (κ3) is 2.88. The van der Waals surface area contributed by atoms with Crippen LogP contribution in [-0.4, -0.2) is 44.3 Å². The van der Waals surface area contributed by atoms with Crippen LogP contribution in [-0.2, 0) is 12.7 Å². The predicted octanol–water partition coefficient (Wildman–Crippen LogP) is 1.54. The van der Waals surface area contributed by atoms with Gasteiger partial charge in [0.15, 0.2) is 0 Å². The van der Waals surface area contributed by atoms with E-state index in [1.165, 1.54) is 9.58 Å². The number of pyridine rings is 1. The number of anilines is 1. The second-order valence-electron chi connectivity index (χ2n) is 4.99. The highest BCUT2D eigenvalue weighted by atomic mass is 19.4. The van der Waals surface area contributed by atoms with Crippen LogP contribution >= 0.6 is 0 Å². The second kappa shape index (κ2) is 6.06. The van der Waals surface area contributed by atoms with E-state index in [1.54, 1.807) is 6.92 Å². The van der Waals surface area contributed by atoms with E-state index in [4.69, 9.17) is 4.74 Å². The van der Waals surface area contributed by atoms with E-state index < -0.39 is 17.8 Å². The molecule has 0 N–H and O–H groups in total. The summed E-state index contributed by atoms with van der Waals surface area (Å²) >= 11 is 0. The van der Waals surface area contributed by atoms with Gasteiger partial charge in [-0.25, -0.2) is 9.67 Å². The Hall–Kier alpha value is -2.72. The Labute approximate surface area is 134 Å². The number of ether oxygens (including phenoxy) is 1.